The normalized spacial score (nSPS) is 12.5. The molecule has 0 atom stereocenters. The summed E-state index contributed by atoms with van der Waals surface area (Å²) in [6.07, 6.45) is 2.74. The van der Waals surface area contributed by atoms with Crippen LogP contribution >= 0.6 is 0 Å². The van der Waals surface area contributed by atoms with Crippen LogP contribution in [0.15, 0.2) is 30.5 Å². The van der Waals surface area contributed by atoms with Crippen molar-refractivity contribution in [1.29, 1.82) is 0 Å². The summed E-state index contributed by atoms with van der Waals surface area (Å²) in [6, 6.07) is 7.65. The number of anilines is 2. The smallest absolute Gasteiger partial charge is 0.209 e. The lowest BCUT2D eigenvalue weighted by Gasteiger charge is -2.26. The number of hydrogen-bond donors (Lipinski definition) is 3. The summed E-state index contributed by atoms with van der Waals surface area (Å²) in [5.74, 6) is 0. The van der Waals surface area contributed by atoms with E-state index < -0.39 is 15.6 Å². The molecule has 21 heavy (non-hydrogen) atoms. The van der Waals surface area contributed by atoms with Gasteiger partial charge in [-0.1, -0.05) is 18.2 Å². The van der Waals surface area contributed by atoms with Crippen LogP contribution in [-0.2, 0) is 10.0 Å². The van der Waals surface area contributed by atoms with Gasteiger partial charge in [-0.25, -0.2) is 13.1 Å². The Kier molecular flexibility index (Phi) is 4.06. The number of aromatic nitrogens is 1. The van der Waals surface area contributed by atoms with Crippen molar-refractivity contribution in [2.75, 3.05) is 23.9 Å². The lowest BCUT2D eigenvalue weighted by molar-refractivity contribution is 0.476. The molecule has 2 aromatic rings. The zero-order chi connectivity index (χ0) is 15.7. The monoisotopic (exact) mass is 308 g/mol. The van der Waals surface area contributed by atoms with Gasteiger partial charge in [-0.3, -0.25) is 4.98 Å². The number of nitrogens with zero attached hydrogens (tertiary/aromatic N) is 1. The second-order valence-electron chi connectivity index (χ2n) is 5.72. The lowest BCUT2D eigenvalue weighted by Crippen LogP contribution is -2.47. The maximum Gasteiger partial charge on any atom is 0.209 e. The zero-order valence-electron chi connectivity index (χ0n) is 12.3. The fourth-order valence-electron chi connectivity index (χ4n) is 2.20. The molecule has 0 aliphatic heterocycles. The Balaban J connectivity index is 2.26. The molecule has 7 heteroatoms. The molecule has 2 rings (SSSR count). The molecule has 0 amide bonds. The summed E-state index contributed by atoms with van der Waals surface area (Å²) >= 11 is 0. The summed E-state index contributed by atoms with van der Waals surface area (Å²) < 4.78 is 25.3. The fraction of sp³-hybridized carbons (Fsp3) is 0.357. The van der Waals surface area contributed by atoms with Crippen molar-refractivity contribution in [2.45, 2.75) is 19.4 Å². The average molecular weight is 308 g/mol. The first-order valence-electron chi connectivity index (χ1n) is 6.54. The third-order valence-corrected chi connectivity index (χ3v) is 3.90. The van der Waals surface area contributed by atoms with E-state index in [-0.39, 0.29) is 0 Å². The summed E-state index contributed by atoms with van der Waals surface area (Å²) in [7, 11) is -3.27. The van der Waals surface area contributed by atoms with E-state index in [9.17, 15) is 8.42 Å². The molecule has 0 unspecified atom stereocenters. The molecule has 0 saturated carbocycles. The van der Waals surface area contributed by atoms with Gasteiger partial charge in [0.2, 0.25) is 10.0 Å². The van der Waals surface area contributed by atoms with Crippen molar-refractivity contribution < 1.29 is 8.42 Å². The van der Waals surface area contributed by atoms with Crippen LogP contribution in [0.2, 0.25) is 0 Å². The molecule has 0 aliphatic carbocycles. The number of nitrogens with one attached hydrogen (secondary N) is 2. The zero-order valence-corrected chi connectivity index (χ0v) is 13.2. The molecule has 0 fully saturated rings. The first-order chi connectivity index (χ1) is 9.68. The minimum absolute atomic E-state index is 0.401. The van der Waals surface area contributed by atoms with Crippen LogP contribution in [0.3, 0.4) is 0 Å². The Morgan fingerprint density at radius 2 is 1.95 bits per heavy atom. The predicted octanol–water partition coefficient (Wildman–Crippen LogP) is 1.56. The molecular formula is C14H20N4O2S. The van der Waals surface area contributed by atoms with E-state index in [2.05, 4.69) is 15.0 Å². The van der Waals surface area contributed by atoms with Crippen LogP contribution in [0.25, 0.3) is 10.9 Å². The summed E-state index contributed by atoms with van der Waals surface area (Å²) in [5, 5.41) is 4.14. The number of para-hydroxylation sites is 1. The van der Waals surface area contributed by atoms with E-state index in [1.165, 1.54) is 0 Å². The highest BCUT2D eigenvalue weighted by molar-refractivity contribution is 7.88. The number of rotatable bonds is 5. The molecule has 1 heterocycles. The molecule has 4 N–H and O–H groups in total. The number of nitrogens with two attached hydrogens (primary N) is 1. The van der Waals surface area contributed by atoms with Crippen LogP contribution in [0, 0.1) is 0 Å². The highest BCUT2D eigenvalue weighted by Crippen LogP contribution is 2.27. The van der Waals surface area contributed by atoms with Gasteiger partial charge in [-0.2, -0.15) is 0 Å². The van der Waals surface area contributed by atoms with Gasteiger partial charge in [0.15, 0.2) is 0 Å². The minimum atomic E-state index is -3.27. The van der Waals surface area contributed by atoms with Gasteiger partial charge in [-0.05, 0) is 19.9 Å². The minimum Gasteiger partial charge on any atom is -0.396 e. The standard InChI is InChI=1S/C14H20N4O2S/c1-14(2,18-21(3,19)20)9-17-13-10-6-4-5-7-12(10)16-8-11(13)15/h4-8,18H,9,15H2,1-3H3,(H,16,17). The van der Waals surface area contributed by atoms with Crippen LogP contribution in [-0.4, -0.2) is 31.7 Å². The first-order valence-corrected chi connectivity index (χ1v) is 8.43. The molecule has 0 spiro atoms. The Labute approximate surface area is 124 Å². The molecule has 0 bridgehead atoms. The van der Waals surface area contributed by atoms with Crippen molar-refractivity contribution in [3.05, 3.63) is 30.5 Å². The van der Waals surface area contributed by atoms with Gasteiger partial charge < -0.3 is 11.1 Å². The lowest BCUT2D eigenvalue weighted by atomic mass is 10.1. The van der Waals surface area contributed by atoms with Gasteiger partial charge >= 0.3 is 0 Å². The summed E-state index contributed by atoms with van der Waals surface area (Å²) in [4.78, 5) is 4.27. The number of sulfonamides is 1. The predicted molar refractivity (Wildman–Crippen MR) is 86.7 cm³/mol. The average Bonchev–Trinajstić information content (AvgIpc) is 2.34. The highest BCUT2D eigenvalue weighted by atomic mass is 32.2. The van der Waals surface area contributed by atoms with E-state index >= 15 is 0 Å². The molecule has 6 nitrogen and oxygen atoms in total. The van der Waals surface area contributed by atoms with Crippen LogP contribution in [0.5, 0.6) is 0 Å². The molecule has 1 aromatic carbocycles. The number of hydrogen-bond acceptors (Lipinski definition) is 5. The number of nitrogen functional groups attached to an aromatic ring is 1. The van der Waals surface area contributed by atoms with Crippen molar-refractivity contribution in [3.63, 3.8) is 0 Å². The van der Waals surface area contributed by atoms with Gasteiger partial charge in [0, 0.05) is 17.5 Å². The maximum atomic E-state index is 11.4. The van der Waals surface area contributed by atoms with Gasteiger partial charge in [-0.15, -0.1) is 0 Å². The van der Waals surface area contributed by atoms with Crippen LogP contribution in [0.1, 0.15) is 13.8 Å². The van der Waals surface area contributed by atoms with E-state index in [4.69, 9.17) is 5.73 Å². The van der Waals surface area contributed by atoms with E-state index in [0.29, 0.717) is 12.2 Å². The SMILES string of the molecule is CC(C)(CNc1c(N)cnc2ccccc12)NS(C)(=O)=O. The van der Waals surface area contributed by atoms with Crippen molar-refractivity contribution >= 4 is 32.3 Å². The van der Waals surface area contributed by atoms with Gasteiger partial charge in [0.1, 0.15) is 0 Å². The number of fused-ring (bicyclic) bond motifs is 1. The molecular weight excluding hydrogens is 288 g/mol. The number of pyridine rings is 1. The summed E-state index contributed by atoms with van der Waals surface area (Å²) in [6.45, 7) is 4.01. The van der Waals surface area contributed by atoms with E-state index in [1.807, 2.05) is 24.3 Å². The fourth-order valence-corrected chi connectivity index (χ4v) is 3.28. The third kappa shape index (κ3) is 4.05. The Morgan fingerprint density at radius 3 is 2.62 bits per heavy atom. The Morgan fingerprint density at radius 1 is 1.29 bits per heavy atom. The topological polar surface area (TPSA) is 97.1 Å². The Hall–Kier alpha value is -1.86. The number of benzene rings is 1. The molecule has 1 aromatic heterocycles. The Bertz CT molecular complexity index is 757. The quantitative estimate of drug-likeness (QED) is 0.779. The van der Waals surface area contributed by atoms with Gasteiger partial charge in [0.25, 0.3) is 0 Å². The molecule has 114 valence electrons. The van der Waals surface area contributed by atoms with Crippen molar-refractivity contribution in [2.24, 2.45) is 0 Å². The molecule has 0 saturated heterocycles. The second kappa shape index (κ2) is 5.50. The second-order valence-corrected chi connectivity index (χ2v) is 7.47. The first kappa shape index (κ1) is 15.5. The van der Waals surface area contributed by atoms with Crippen LogP contribution in [0.4, 0.5) is 11.4 Å². The van der Waals surface area contributed by atoms with Gasteiger partial charge in [0.05, 0.1) is 29.3 Å². The van der Waals surface area contributed by atoms with Crippen molar-refractivity contribution in [1.82, 2.24) is 9.71 Å². The third-order valence-electron chi connectivity index (χ3n) is 2.97. The maximum absolute atomic E-state index is 11.4. The van der Waals surface area contributed by atoms with Crippen molar-refractivity contribution in [3.8, 4) is 0 Å². The largest absolute Gasteiger partial charge is 0.396 e. The van der Waals surface area contributed by atoms with E-state index in [1.54, 1.807) is 20.0 Å². The van der Waals surface area contributed by atoms with Crippen LogP contribution < -0.4 is 15.8 Å². The van der Waals surface area contributed by atoms with E-state index in [0.717, 1.165) is 22.8 Å². The highest BCUT2D eigenvalue weighted by Gasteiger charge is 2.22. The molecule has 0 radical (unpaired) electrons. The summed E-state index contributed by atoms with van der Waals surface area (Å²) in [5.41, 5.74) is 7.48. The molecule has 0 aliphatic rings.